The number of rotatable bonds is 5. The number of nitrogens with zero attached hydrogens (tertiary/aromatic N) is 4. The maximum atomic E-state index is 5.35. The van der Waals surface area contributed by atoms with Crippen LogP contribution in [0.4, 0.5) is 0 Å². The van der Waals surface area contributed by atoms with Crippen molar-refractivity contribution in [2.75, 3.05) is 0 Å². The second-order valence-corrected chi connectivity index (χ2v) is 15.4. The number of nitrogens with one attached hydrogen (secondary N) is 2. The van der Waals surface area contributed by atoms with Gasteiger partial charge in [0.1, 0.15) is 12.0 Å². The van der Waals surface area contributed by atoms with Crippen LogP contribution in [0.3, 0.4) is 0 Å². The zero-order chi connectivity index (χ0) is 38.2. The fourth-order valence-corrected chi connectivity index (χ4v) is 9.29. The topological polar surface area (TPSA) is 58.6 Å². The first kappa shape index (κ1) is 32.8. The molecule has 0 bridgehead atoms. The SMILES string of the molecule is C1=C(C2=NC(c3ccc4ccccc4c3)N=C(c3ccc4ccccc4c3)N2)NC(n2c3ccccc3c3cc4c5ccccc5n(-c5ccccc5)c4cc32)CC1. The zero-order valence-electron chi connectivity index (χ0n) is 31.7. The van der Waals surface area contributed by atoms with E-state index in [0.717, 1.165) is 47.0 Å². The highest BCUT2D eigenvalue weighted by molar-refractivity contribution is 6.19. The summed E-state index contributed by atoms with van der Waals surface area (Å²) in [6.07, 6.45) is 3.71. The largest absolute Gasteiger partial charge is 0.362 e. The van der Waals surface area contributed by atoms with Crippen molar-refractivity contribution in [2.45, 2.75) is 25.2 Å². The van der Waals surface area contributed by atoms with Gasteiger partial charge < -0.3 is 19.8 Å². The Morgan fingerprint density at radius 1 is 0.483 bits per heavy atom. The minimum absolute atomic E-state index is 0.0130. The van der Waals surface area contributed by atoms with Crippen molar-refractivity contribution in [2.24, 2.45) is 9.98 Å². The Bertz CT molecular complexity index is 3360. The molecule has 6 nitrogen and oxygen atoms in total. The van der Waals surface area contributed by atoms with E-state index in [0.29, 0.717) is 0 Å². The van der Waals surface area contributed by atoms with Crippen molar-refractivity contribution in [3.8, 4) is 5.69 Å². The van der Waals surface area contributed by atoms with Gasteiger partial charge in [0.2, 0.25) is 0 Å². The first-order valence-electron chi connectivity index (χ1n) is 20.1. The number of fused-ring (bicyclic) bond motifs is 8. The van der Waals surface area contributed by atoms with E-state index in [9.17, 15) is 0 Å². The lowest BCUT2D eigenvalue weighted by Crippen LogP contribution is -2.42. The molecule has 0 saturated heterocycles. The zero-order valence-corrected chi connectivity index (χ0v) is 31.7. The van der Waals surface area contributed by atoms with Crippen molar-refractivity contribution in [1.29, 1.82) is 0 Å². The smallest absolute Gasteiger partial charge is 0.169 e. The number of aliphatic imine (C=N–C) groups is 2. The molecule has 276 valence electrons. The quantitative estimate of drug-likeness (QED) is 0.184. The summed E-state index contributed by atoms with van der Waals surface area (Å²) >= 11 is 0. The second-order valence-electron chi connectivity index (χ2n) is 15.4. The van der Waals surface area contributed by atoms with E-state index in [1.165, 1.54) is 65.2 Å². The van der Waals surface area contributed by atoms with E-state index in [1.807, 2.05) is 0 Å². The Balaban J connectivity index is 0.986. The molecule has 0 aliphatic carbocycles. The molecule has 2 unspecified atom stereocenters. The van der Waals surface area contributed by atoms with Crippen molar-refractivity contribution < 1.29 is 0 Å². The van der Waals surface area contributed by atoms with Crippen LogP contribution in [0.5, 0.6) is 0 Å². The van der Waals surface area contributed by atoms with Gasteiger partial charge in [0, 0.05) is 32.8 Å². The summed E-state index contributed by atoms with van der Waals surface area (Å²) in [7, 11) is 0. The molecule has 2 atom stereocenters. The number of para-hydroxylation sites is 3. The van der Waals surface area contributed by atoms with Crippen LogP contribution in [-0.2, 0) is 0 Å². The summed E-state index contributed by atoms with van der Waals surface area (Å²) in [4.78, 5) is 10.6. The molecule has 58 heavy (non-hydrogen) atoms. The lowest BCUT2D eigenvalue weighted by Gasteiger charge is -2.31. The van der Waals surface area contributed by atoms with E-state index >= 15 is 0 Å². The van der Waals surface area contributed by atoms with Gasteiger partial charge in [-0.15, -0.1) is 0 Å². The summed E-state index contributed by atoms with van der Waals surface area (Å²) in [6.45, 7) is 0. The lowest BCUT2D eigenvalue weighted by molar-refractivity contribution is 0.424. The Labute approximate surface area is 335 Å². The minimum atomic E-state index is -0.410. The van der Waals surface area contributed by atoms with Crippen LogP contribution in [0.2, 0.25) is 0 Å². The molecule has 0 amide bonds. The molecular formula is C52H38N6. The molecule has 8 aromatic carbocycles. The third-order valence-electron chi connectivity index (χ3n) is 12.0. The van der Waals surface area contributed by atoms with Crippen LogP contribution >= 0.6 is 0 Å². The lowest BCUT2D eigenvalue weighted by atomic mass is 10.0. The highest BCUT2D eigenvalue weighted by Crippen LogP contribution is 2.40. The first-order valence-corrected chi connectivity index (χ1v) is 20.1. The number of hydrogen-bond acceptors (Lipinski definition) is 4. The number of allylic oxidation sites excluding steroid dienone is 1. The fraction of sp³-hybridized carbons (Fsp3) is 0.0769. The Morgan fingerprint density at radius 3 is 1.93 bits per heavy atom. The van der Waals surface area contributed by atoms with Crippen LogP contribution in [0.15, 0.2) is 198 Å². The van der Waals surface area contributed by atoms with Gasteiger partial charge in [-0.25, -0.2) is 9.98 Å². The monoisotopic (exact) mass is 746 g/mol. The molecule has 4 heterocycles. The first-order chi connectivity index (χ1) is 28.7. The van der Waals surface area contributed by atoms with Crippen molar-refractivity contribution in [3.63, 3.8) is 0 Å². The Morgan fingerprint density at radius 2 is 1.12 bits per heavy atom. The third-order valence-corrected chi connectivity index (χ3v) is 12.0. The average molecular weight is 747 g/mol. The van der Waals surface area contributed by atoms with Gasteiger partial charge in [-0.3, -0.25) is 0 Å². The highest BCUT2D eigenvalue weighted by atomic mass is 15.2. The highest BCUT2D eigenvalue weighted by Gasteiger charge is 2.28. The molecule has 0 fully saturated rings. The van der Waals surface area contributed by atoms with Crippen LogP contribution < -0.4 is 10.6 Å². The van der Waals surface area contributed by atoms with Crippen molar-refractivity contribution in [3.05, 3.63) is 199 Å². The Kier molecular flexibility index (Phi) is 7.38. The second kappa shape index (κ2) is 13.1. The fourth-order valence-electron chi connectivity index (χ4n) is 9.29. The maximum Gasteiger partial charge on any atom is 0.169 e. The predicted octanol–water partition coefficient (Wildman–Crippen LogP) is 12.1. The molecule has 0 radical (unpaired) electrons. The predicted molar refractivity (Wildman–Crippen MR) is 241 cm³/mol. The van der Waals surface area contributed by atoms with E-state index in [2.05, 4.69) is 202 Å². The van der Waals surface area contributed by atoms with Gasteiger partial charge in [-0.05, 0) is 88.5 Å². The number of aromatic nitrogens is 2. The van der Waals surface area contributed by atoms with Gasteiger partial charge >= 0.3 is 0 Å². The Hall–Kier alpha value is -7.44. The van der Waals surface area contributed by atoms with E-state index in [-0.39, 0.29) is 6.17 Å². The van der Waals surface area contributed by atoms with Crippen molar-refractivity contribution in [1.82, 2.24) is 19.8 Å². The molecule has 2 N–H and O–H groups in total. The molecule has 0 saturated carbocycles. The van der Waals surface area contributed by atoms with E-state index in [1.54, 1.807) is 0 Å². The van der Waals surface area contributed by atoms with Crippen LogP contribution in [0, 0.1) is 0 Å². The van der Waals surface area contributed by atoms with E-state index in [4.69, 9.17) is 9.98 Å². The molecule has 2 aliphatic rings. The minimum Gasteiger partial charge on any atom is -0.362 e. The molecule has 0 spiro atoms. The summed E-state index contributed by atoms with van der Waals surface area (Å²) in [5.74, 6) is 1.61. The third kappa shape index (κ3) is 5.26. The van der Waals surface area contributed by atoms with Gasteiger partial charge in [0.15, 0.2) is 12.0 Å². The van der Waals surface area contributed by atoms with Crippen LogP contribution in [-0.4, -0.2) is 20.8 Å². The van der Waals surface area contributed by atoms with Crippen LogP contribution in [0.25, 0.3) is 70.8 Å². The van der Waals surface area contributed by atoms with Crippen molar-refractivity contribution >= 4 is 76.8 Å². The maximum absolute atomic E-state index is 5.35. The standard InChI is InChI=1S/C52H38N6/c1-2-17-39(18-3-1)57-45-22-10-8-19-40(45)42-31-43-41-20-9-11-23-46(41)58(48(43)32-47(42)57)49-24-12-21-44(53-49)52-55-50(37-27-25-33-13-4-6-15-35(33)29-37)54-51(56-52)38-28-26-34-14-5-7-16-36(34)30-38/h1-11,13-23,25-32,49-50,53H,12,24H2,(H,54,55,56). The molecule has 10 aromatic rings. The van der Waals surface area contributed by atoms with Gasteiger partial charge in [-0.2, -0.15) is 0 Å². The molecule has 2 aliphatic heterocycles. The number of amidine groups is 2. The number of benzene rings is 8. The molecule has 6 heteroatoms. The summed E-state index contributed by atoms with van der Waals surface area (Å²) in [6, 6.07) is 63.3. The van der Waals surface area contributed by atoms with Gasteiger partial charge in [0.25, 0.3) is 0 Å². The normalized spacial score (nSPS) is 17.1. The molecular weight excluding hydrogens is 709 g/mol. The average Bonchev–Trinajstić information content (AvgIpc) is 3.80. The van der Waals surface area contributed by atoms with Gasteiger partial charge in [-0.1, -0.05) is 133 Å². The molecule has 2 aromatic heterocycles. The van der Waals surface area contributed by atoms with Crippen LogP contribution in [0.1, 0.15) is 36.3 Å². The van der Waals surface area contributed by atoms with E-state index < -0.39 is 6.17 Å². The summed E-state index contributed by atoms with van der Waals surface area (Å²) < 4.78 is 4.93. The summed E-state index contributed by atoms with van der Waals surface area (Å²) in [5.41, 5.74) is 9.06. The molecule has 12 rings (SSSR count). The van der Waals surface area contributed by atoms with Gasteiger partial charge in [0.05, 0.1) is 27.8 Å². The summed E-state index contributed by atoms with van der Waals surface area (Å²) in [5, 5.41) is 17.5. The number of hydrogen-bond donors (Lipinski definition) is 2.